The largest absolute Gasteiger partial charge is 0.504 e. The van der Waals surface area contributed by atoms with Crippen LogP contribution in [0.5, 0.6) is 5.75 Å². The van der Waals surface area contributed by atoms with E-state index in [1.54, 1.807) is 18.2 Å². The summed E-state index contributed by atoms with van der Waals surface area (Å²) >= 11 is 0. The Morgan fingerprint density at radius 1 is 1.31 bits per heavy atom. The van der Waals surface area contributed by atoms with E-state index >= 15 is 0 Å². The molecule has 2 nitrogen and oxygen atoms in total. The molecule has 1 aromatic rings. The average molecular weight is 178 g/mol. The fourth-order valence-electron chi connectivity index (χ4n) is 1.20. The molecule has 0 aromatic heterocycles. The van der Waals surface area contributed by atoms with Gasteiger partial charge in [-0.3, -0.25) is 4.79 Å². The molecule has 1 aromatic carbocycles. The van der Waals surface area contributed by atoms with Crippen molar-refractivity contribution < 1.29 is 5.11 Å². The molecular weight excluding hydrogens is 164 g/mol. The Labute approximate surface area is 77.9 Å². The third-order valence-corrected chi connectivity index (χ3v) is 1.99. The Bertz CT molecular complexity index is 331. The van der Waals surface area contributed by atoms with E-state index in [0.717, 1.165) is 24.8 Å². The van der Waals surface area contributed by atoms with Crippen LogP contribution in [0.2, 0.25) is 0 Å². The van der Waals surface area contributed by atoms with Gasteiger partial charge in [-0.1, -0.05) is 31.5 Å². The van der Waals surface area contributed by atoms with Crippen LogP contribution in [0.25, 0.3) is 0 Å². The molecule has 0 saturated heterocycles. The molecular formula is C11H14O2. The highest BCUT2D eigenvalue weighted by molar-refractivity contribution is 5.30. The van der Waals surface area contributed by atoms with Gasteiger partial charge < -0.3 is 5.11 Å². The number of hydrogen-bond donors (Lipinski definition) is 1. The van der Waals surface area contributed by atoms with Crippen LogP contribution >= 0.6 is 0 Å². The van der Waals surface area contributed by atoms with Crippen molar-refractivity contribution in [1.29, 1.82) is 0 Å². The van der Waals surface area contributed by atoms with Crippen molar-refractivity contribution >= 4 is 0 Å². The van der Waals surface area contributed by atoms with Gasteiger partial charge >= 0.3 is 0 Å². The lowest BCUT2D eigenvalue weighted by Gasteiger charge is -1.97. The monoisotopic (exact) mass is 178 g/mol. The number of unbranched alkanes of at least 4 members (excludes halogenated alkanes) is 1. The Balaban J connectivity index is 3.01. The van der Waals surface area contributed by atoms with Crippen LogP contribution < -0.4 is 5.43 Å². The van der Waals surface area contributed by atoms with Gasteiger partial charge in [-0.15, -0.1) is 0 Å². The molecule has 0 aliphatic rings. The first-order valence-corrected chi connectivity index (χ1v) is 4.57. The van der Waals surface area contributed by atoms with Gasteiger partial charge in [0.05, 0.1) is 0 Å². The molecule has 0 bridgehead atoms. The van der Waals surface area contributed by atoms with Gasteiger partial charge in [0.1, 0.15) is 0 Å². The van der Waals surface area contributed by atoms with Gasteiger partial charge in [0, 0.05) is 0 Å². The second kappa shape index (κ2) is 4.65. The van der Waals surface area contributed by atoms with E-state index in [1.807, 2.05) is 0 Å². The van der Waals surface area contributed by atoms with Crippen LogP contribution in [-0.2, 0) is 6.42 Å². The van der Waals surface area contributed by atoms with Crippen LogP contribution in [0.15, 0.2) is 29.1 Å². The predicted octanol–water partition coefficient (Wildman–Crippen LogP) is 2.10. The van der Waals surface area contributed by atoms with Crippen molar-refractivity contribution in [2.24, 2.45) is 0 Å². The summed E-state index contributed by atoms with van der Waals surface area (Å²) in [5, 5.41) is 9.47. The second-order valence-electron chi connectivity index (χ2n) is 3.06. The van der Waals surface area contributed by atoms with E-state index in [9.17, 15) is 9.90 Å². The summed E-state index contributed by atoms with van der Waals surface area (Å²) in [6, 6.07) is 6.61. The quantitative estimate of drug-likeness (QED) is 0.769. The maximum absolute atomic E-state index is 11.2. The summed E-state index contributed by atoms with van der Waals surface area (Å²) < 4.78 is 0. The fourth-order valence-corrected chi connectivity index (χ4v) is 1.20. The van der Waals surface area contributed by atoms with Gasteiger partial charge in [0.25, 0.3) is 0 Å². The van der Waals surface area contributed by atoms with Crippen LogP contribution in [-0.4, -0.2) is 5.11 Å². The highest BCUT2D eigenvalue weighted by Crippen LogP contribution is 2.12. The summed E-state index contributed by atoms with van der Waals surface area (Å²) in [4.78, 5) is 11.2. The van der Waals surface area contributed by atoms with Gasteiger partial charge in [0.15, 0.2) is 5.75 Å². The normalized spacial score (nSPS) is 9.92. The summed E-state index contributed by atoms with van der Waals surface area (Å²) in [6.07, 6.45) is 2.83. The number of aryl methyl sites for hydroxylation is 1. The van der Waals surface area contributed by atoms with Crippen molar-refractivity contribution in [3.05, 3.63) is 40.1 Å². The molecule has 0 amide bonds. The number of aromatic hydroxyl groups is 1. The highest BCUT2D eigenvalue weighted by atomic mass is 16.3. The molecule has 70 valence electrons. The van der Waals surface area contributed by atoms with Crippen LogP contribution in [0.4, 0.5) is 0 Å². The van der Waals surface area contributed by atoms with Crippen LogP contribution in [0.3, 0.4) is 0 Å². The Kier molecular flexibility index (Phi) is 3.50. The van der Waals surface area contributed by atoms with E-state index in [4.69, 9.17) is 0 Å². The smallest absolute Gasteiger partial charge is 0.220 e. The fraction of sp³-hybridized carbons (Fsp3) is 0.364. The molecule has 13 heavy (non-hydrogen) atoms. The topological polar surface area (TPSA) is 37.3 Å². The molecule has 2 heteroatoms. The lowest BCUT2D eigenvalue weighted by Crippen LogP contribution is -1.96. The molecule has 1 N–H and O–H groups in total. The zero-order valence-corrected chi connectivity index (χ0v) is 7.79. The maximum atomic E-state index is 11.2. The molecule has 0 aliphatic heterocycles. The zero-order chi connectivity index (χ0) is 9.68. The van der Waals surface area contributed by atoms with Crippen molar-refractivity contribution in [2.75, 3.05) is 0 Å². The minimum atomic E-state index is -0.295. The molecule has 0 aliphatic carbocycles. The Morgan fingerprint density at radius 3 is 2.69 bits per heavy atom. The second-order valence-corrected chi connectivity index (χ2v) is 3.06. The van der Waals surface area contributed by atoms with Gasteiger partial charge in [-0.2, -0.15) is 0 Å². The van der Waals surface area contributed by atoms with Crippen molar-refractivity contribution in [3.8, 4) is 5.75 Å². The van der Waals surface area contributed by atoms with E-state index in [-0.39, 0.29) is 11.2 Å². The minimum absolute atomic E-state index is 0.0987. The van der Waals surface area contributed by atoms with Crippen LogP contribution in [0.1, 0.15) is 25.3 Å². The molecule has 0 fully saturated rings. The summed E-state index contributed by atoms with van der Waals surface area (Å²) in [6.45, 7) is 2.08. The molecule has 0 unspecified atom stereocenters. The standard InChI is InChI=1S/C11H14O2/c1-2-3-6-9-7-4-5-8-10(12)11(9)13/h4-5,7-8H,2-3,6H2,1H3,(H,12,13). The van der Waals surface area contributed by atoms with Crippen molar-refractivity contribution in [1.82, 2.24) is 0 Å². The lowest BCUT2D eigenvalue weighted by molar-refractivity contribution is 0.463. The molecule has 0 heterocycles. The molecule has 0 atom stereocenters. The van der Waals surface area contributed by atoms with Crippen molar-refractivity contribution in [2.45, 2.75) is 26.2 Å². The molecule has 0 radical (unpaired) electrons. The van der Waals surface area contributed by atoms with Gasteiger partial charge in [0.2, 0.25) is 5.43 Å². The first-order valence-electron chi connectivity index (χ1n) is 4.57. The summed E-state index contributed by atoms with van der Waals surface area (Å²) in [5.41, 5.74) is 0.452. The third-order valence-electron chi connectivity index (χ3n) is 1.99. The molecule has 0 saturated carbocycles. The van der Waals surface area contributed by atoms with Gasteiger partial charge in [-0.25, -0.2) is 0 Å². The predicted molar refractivity (Wildman–Crippen MR) is 53.0 cm³/mol. The van der Waals surface area contributed by atoms with Crippen molar-refractivity contribution in [3.63, 3.8) is 0 Å². The van der Waals surface area contributed by atoms with Gasteiger partial charge in [-0.05, 0) is 24.5 Å². The first kappa shape index (κ1) is 9.78. The zero-order valence-electron chi connectivity index (χ0n) is 7.79. The van der Waals surface area contributed by atoms with E-state index in [1.165, 1.54) is 6.07 Å². The Morgan fingerprint density at radius 2 is 2.00 bits per heavy atom. The number of hydrogen-bond acceptors (Lipinski definition) is 2. The van der Waals surface area contributed by atoms with Crippen LogP contribution in [0, 0.1) is 0 Å². The summed E-state index contributed by atoms with van der Waals surface area (Å²) in [7, 11) is 0. The maximum Gasteiger partial charge on any atom is 0.220 e. The average Bonchev–Trinajstić information content (AvgIpc) is 2.28. The Hall–Kier alpha value is -1.31. The highest BCUT2D eigenvalue weighted by Gasteiger charge is 2.01. The lowest BCUT2D eigenvalue weighted by atomic mass is 10.1. The summed E-state index contributed by atoms with van der Waals surface area (Å²) in [5.74, 6) is -0.0987. The molecule has 0 spiro atoms. The van der Waals surface area contributed by atoms with E-state index in [0.29, 0.717) is 0 Å². The number of rotatable bonds is 3. The SMILES string of the molecule is CCCCc1ccccc(=O)c1O. The third kappa shape index (κ3) is 2.58. The van der Waals surface area contributed by atoms with E-state index in [2.05, 4.69) is 6.92 Å². The van der Waals surface area contributed by atoms with E-state index < -0.39 is 0 Å². The molecule has 1 rings (SSSR count). The minimum Gasteiger partial charge on any atom is -0.504 e. The first-order chi connectivity index (χ1) is 6.25.